The molecule has 2 aromatic rings. The topological polar surface area (TPSA) is 65.1 Å². The fourth-order valence-electron chi connectivity index (χ4n) is 2.45. The quantitative estimate of drug-likeness (QED) is 0.707. The fraction of sp³-hybridized carbons (Fsp3) is 0.333. The molecule has 0 unspecified atom stereocenters. The van der Waals surface area contributed by atoms with Gasteiger partial charge in [0.2, 0.25) is 5.75 Å². The van der Waals surface area contributed by atoms with Gasteiger partial charge in [0.1, 0.15) is 0 Å². The second-order valence-electron chi connectivity index (χ2n) is 5.37. The number of hydrogen-bond acceptors (Lipinski definition) is 6. The van der Waals surface area contributed by atoms with E-state index in [9.17, 15) is 9.59 Å². The minimum absolute atomic E-state index is 0.0479. The molecule has 0 spiro atoms. The van der Waals surface area contributed by atoms with Gasteiger partial charge in [0.05, 0.1) is 31.1 Å². The van der Waals surface area contributed by atoms with Crippen molar-refractivity contribution in [3.8, 4) is 17.2 Å². The predicted octanol–water partition coefficient (Wildman–Crippen LogP) is 3.25. The molecule has 0 aliphatic carbocycles. The highest BCUT2D eigenvalue weighted by atomic mass is 32.1. The lowest BCUT2D eigenvalue weighted by atomic mass is 10.1. The molecule has 134 valence electrons. The lowest BCUT2D eigenvalue weighted by Crippen LogP contribution is -2.25. The Bertz CT molecular complexity index is 784. The van der Waals surface area contributed by atoms with Crippen LogP contribution in [0.25, 0.3) is 0 Å². The minimum Gasteiger partial charge on any atom is -0.493 e. The lowest BCUT2D eigenvalue weighted by Gasteiger charge is -2.20. The number of Topliss-reactive ketones (excluding diaryl/α,β-unsaturated/α-hetero) is 1. The number of ether oxygens (including phenoxy) is 3. The summed E-state index contributed by atoms with van der Waals surface area (Å²) < 4.78 is 16.1. The predicted molar refractivity (Wildman–Crippen MR) is 96.2 cm³/mol. The third kappa shape index (κ3) is 3.93. The molecular weight excluding hydrogens is 342 g/mol. The molecule has 25 heavy (non-hydrogen) atoms. The van der Waals surface area contributed by atoms with Crippen LogP contribution in [-0.2, 0) is 6.54 Å². The highest BCUT2D eigenvalue weighted by Gasteiger charge is 2.20. The standard InChI is InChI=1S/C18H21NO5S/c1-11(20)14-8-9-15(25-14)18(21)19(2)10-12-6-7-13(22-3)17(24-5)16(12)23-4/h6-9H,10H2,1-5H3. The maximum Gasteiger partial charge on any atom is 0.263 e. The van der Waals surface area contributed by atoms with E-state index in [1.807, 2.05) is 6.07 Å². The van der Waals surface area contributed by atoms with E-state index in [1.54, 1.807) is 44.4 Å². The summed E-state index contributed by atoms with van der Waals surface area (Å²) in [5, 5.41) is 0. The van der Waals surface area contributed by atoms with E-state index in [2.05, 4.69) is 0 Å². The molecule has 1 heterocycles. The number of ketones is 1. The molecule has 0 saturated heterocycles. The van der Waals surface area contributed by atoms with Crippen molar-refractivity contribution in [1.82, 2.24) is 4.90 Å². The molecule has 0 radical (unpaired) electrons. The third-order valence-electron chi connectivity index (χ3n) is 3.70. The number of hydrogen-bond donors (Lipinski definition) is 0. The van der Waals surface area contributed by atoms with Crippen molar-refractivity contribution in [3.05, 3.63) is 39.6 Å². The Morgan fingerprint density at radius 3 is 2.12 bits per heavy atom. The number of amides is 1. The van der Waals surface area contributed by atoms with Crippen LogP contribution in [-0.4, -0.2) is 45.0 Å². The van der Waals surface area contributed by atoms with Crippen LogP contribution in [0.2, 0.25) is 0 Å². The van der Waals surface area contributed by atoms with Gasteiger partial charge in [0.15, 0.2) is 17.3 Å². The number of nitrogens with zero attached hydrogens (tertiary/aromatic N) is 1. The molecule has 0 N–H and O–H groups in total. The molecule has 0 aliphatic heterocycles. The van der Waals surface area contributed by atoms with Crippen molar-refractivity contribution in [2.45, 2.75) is 13.5 Å². The number of carbonyl (C=O) groups is 2. The largest absolute Gasteiger partial charge is 0.493 e. The first kappa shape index (κ1) is 18.8. The van der Waals surface area contributed by atoms with Gasteiger partial charge in [-0.3, -0.25) is 9.59 Å². The summed E-state index contributed by atoms with van der Waals surface area (Å²) in [4.78, 5) is 26.6. The number of rotatable bonds is 7. The Balaban J connectivity index is 2.25. The third-order valence-corrected chi connectivity index (χ3v) is 4.88. The first-order valence-corrected chi connectivity index (χ1v) is 8.38. The van der Waals surface area contributed by atoms with Crippen molar-refractivity contribution in [2.75, 3.05) is 28.4 Å². The lowest BCUT2D eigenvalue weighted by molar-refractivity contribution is 0.0788. The maximum absolute atomic E-state index is 12.6. The Labute approximate surface area is 150 Å². The van der Waals surface area contributed by atoms with E-state index in [0.29, 0.717) is 33.5 Å². The van der Waals surface area contributed by atoms with Crippen LogP contribution in [0, 0.1) is 0 Å². The summed E-state index contributed by atoms with van der Waals surface area (Å²) in [6.07, 6.45) is 0. The van der Waals surface area contributed by atoms with Gasteiger partial charge in [0.25, 0.3) is 5.91 Å². The summed E-state index contributed by atoms with van der Waals surface area (Å²) in [6.45, 7) is 1.81. The molecule has 1 amide bonds. The van der Waals surface area contributed by atoms with Crippen LogP contribution in [0.5, 0.6) is 17.2 Å². The Kier molecular flexibility index (Phi) is 6.03. The van der Waals surface area contributed by atoms with Gasteiger partial charge in [-0.2, -0.15) is 0 Å². The SMILES string of the molecule is COc1ccc(CN(C)C(=O)c2ccc(C(C)=O)s2)c(OC)c1OC. The number of methoxy groups -OCH3 is 3. The number of benzene rings is 1. The van der Waals surface area contributed by atoms with Crippen LogP contribution >= 0.6 is 11.3 Å². The van der Waals surface area contributed by atoms with E-state index >= 15 is 0 Å². The minimum atomic E-state index is -0.158. The van der Waals surface area contributed by atoms with Crippen molar-refractivity contribution < 1.29 is 23.8 Å². The second kappa shape index (κ2) is 8.02. The Morgan fingerprint density at radius 1 is 0.960 bits per heavy atom. The molecule has 0 bridgehead atoms. The molecular formula is C18H21NO5S. The van der Waals surface area contributed by atoms with Gasteiger partial charge >= 0.3 is 0 Å². The maximum atomic E-state index is 12.6. The molecule has 6 nitrogen and oxygen atoms in total. The van der Waals surface area contributed by atoms with Crippen molar-refractivity contribution in [1.29, 1.82) is 0 Å². The molecule has 7 heteroatoms. The highest BCUT2D eigenvalue weighted by Crippen LogP contribution is 2.40. The van der Waals surface area contributed by atoms with E-state index < -0.39 is 0 Å². The van der Waals surface area contributed by atoms with Gasteiger partial charge in [-0.15, -0.1) is 11.3 Å². The molecule has 0 fully saturated rings. The smallest absolute Gasteiger partial charge is 0.263 e. The Hall–Kier alpha value is -2.54. The van der Waals surface area contributed by atoms with Gasteiger partial charge < -0.3 is 19.1 Å². The first-order valence-electron chi connectivity index (χ1n) is 7.57. The zero-order valence-corrected chi connectivity index (χ0v) is 15.7. The summed E-state index contributed by atoms with van der Waals surface area (Å²) in [5.74, 6) is 1.36. The van der Waals surface area contributed by atoms with Crippen LogP contribution in [0.3, 0.4) is 0 Å². The van der Waals surface area contributed by atoms with Gasteiger partial charge in [-0.1, -0.05) is 0 Å². The van der Waals surface area contributed by atoms with Crippen LogP contribution in [0.4, 0.5) is 0 Å². The molecule has 0 atom stereocenters. The summed E-state index contributed by atoms with van der Waals surface area (Å²) >= 11 is 1.19. The zero-order chi connectivity index (χ0) is 18.6. The van der Waals surface area contributed by atoms with E-state index in [0.717, 1.165) is 5.56 Å². The van der Waals surface area contributed by atoms with Crippen molar-refractivity contribution in [3.63, 3.8) is 0 Å². The average Bonchev–Trinajstić information content (AvgIpc) is 3.10. The monoisotopic (exact) mass is 363 g/mol. The molecule has 2 rings (SSSR count). The van der Waals surface area contributed by atoms with Crippen LogP contribution in [0.1, 0.15) is 31.8 Å². The summed E-state index contributed by atoms with van der Waals surface area (Å²) in [5.41, 5.74) is 0.791. The summed E-state index contributed by atoms with van der Waals surface area (Å²) in [6, 6.07) is 6.95. The van der Waals surface area contributed by atoms with Crippen molar-refractivity contribution in [2.24, 2.45) is 0 Å². The van der Waals surface area contributed by atoms with Crippen LogP contribution in [0.15, 0.2) is 24.3 Å². The van der Waals surface area contributed by atoms with Gasteiger partial charge in [-0.05, 0) is 31.2 Å². The summed E-state index contributed by atoms with van der Waals surface area (Å²) in [7, 11) is 6.33. The molecule has 1 aromatic carbocycles. The Morgan fingerprint density at radius 2 is 1.60 bits per heavy atom. The molecule has 1 aromatic heterocycles. The van der Waals surface area contributed by atoms with Crippen LogP contribution < -0.4 is 14.2 Å². The average molecular weight is 363 g/mol. The van der Waals surface area contributed by atoms with Gasteiger partial charge in [0, 0.05) is 19.2 Å². The van der Waals surface area contributed by atoms with E-state index in [4.69, 9.17) is 14.2 Å². The molecule has 0 aliphatic rings. The van der Waals surface area contributed by atoms with E-state index in [1.165, 1.54) is 25.4 Å². The zero-order valence-electron chi connectivity index (χ0n) is 14.9. The van der Waals surface area contributed by atoms with Gasteiger partial charge in [-0.25, -0.2) is 0 Å². The normalized spacial score (nSPS) is 10.3. The number of thiophene rings is 1. The van der Waals surface area contributed by atoms with Crippen molar-refractivity contribution >= 4 is 23.0 Å². The second-order valence-corrected chi connectivity index (χ2v) is 6.46. The van der Waals surface area contributed by atoms with E-state index in [-0.39, 0.29) is 11.7 Å². The highest BCUT2D eigenvalue weighted by molar-refractivity contribution is 7.15. The fourth-order valence-corrected chi connectivity index (χ4v) is 3.34. The number of carbonyl (C=O) groups excluding carboxylic acids is 2. The molecule has 0 saturated carbocycles. The first-order chi connectivity index (χ1) is 11.9.